The highest BCUT2D eigenvalue weighted by Gasteiger charge is 2.20. The Labute approximate surface area is 144 Å². The Hall–Kier alpha value is -2.20. The molecular formula is C20H26N2O2. The summed E-state index contributed by atoms with van der Waals surface area (Å²) in [4.78, 5) is 2.50. The molecule has 1 N–H and O–H groups in total. The van der Waals surface area contributed by atoms with Crippen LogP contribution in [-0.4, -0.2) is 38.3 Å². The second-order valence-corrected chi connectivity index (χ2v) is 6.26. The van der Waals surface area contributed by atoms with Gasteiger partial charge in [-0.15, -0.1) is 0 Å². The maximum Gasteiger partial charge on any atom is 0.123 e. The fourth-order valence-electron chi connectivity index (χ4n) is 3.31. The second-order valence-electron chi connectivity index (χ2n) is 6.26. The van der Waals surface area contributed by atoms with Crippen LogP contribution in [0.4, 0.5) is 5.69 Å². The zero-order valence-electron chi connectivity index (χ0n) is 14.5. The molecule has 1 fully saturated rings. The molecule has 128 valence electrons. The average molecular weight is 326 g/mol. The minimum atomic E-state index is 0.474. The van der Waals surface area contributed by atoms with Crippen LogP contribution in [0.1, 0.15) is 18.4 Å². The molecule has 0 radical (unpaired) electrons. The van der Waals surface area contributed by atoms with Gasteiger partial charge in [-0.3, -0.25) is 4.90 Å². The van der Waals surface area contributed by atoms with E-state index in [2.05, 4.69) is 34.5 Å². The van der Waals surface area contributed by atoms with Crippen LogP contribution >= 0.6 is 0 Å². The number of ether oxygens (including phenoxy) is 2. The summed E-state index contributed by atoms with van der Waals surface area (Å²) in [6, 6.07) is 16.9. The van der Waals surface area contributed by atoms with Gasteiger partial charge in [0.2, 0.25) is 0 Å². The third kappa shape index (κ3) is 4.20. The lowest BCUT2D eigenvalue weighted by atomic mass is 10.0. The van der Waals surface area contributed by atoms with E-state index in [1.54, 1.807) is 14.2 Å². The van der Waals surface area contributed by atoms with Gasteiger partial charge in [-0.1, -0.05) is 18.2 Å². The van der Waals surface area contributed by atoms with Crippen LogP contribution in [0.3, 0.4) is 0 Å². The van der Waals surface area contributed by atoms with Crippen molar-refractivity contribution in [3.8, 4) is 11.5 Å². The summed E-state index contributed by atoms with van der Waals surface area (Å²) >= 11 is 0. The number of methoxy groups -OCH3 is 2. The van der Waals surface area contributed by atoms with Crippen LogP contribution < -0.4 is 14.8 Å². The minimum Gasteiger partial charge on any atom is -0.497 e. The van der Waals surface area contributed by atoms with Crippen molar-refractivity contribution in [1.82, 2.24) is 4.90 Å². The first-order valence-electron chi connectivity index (χ1n) is 8.53. The van der Waals surface area contributed by atoms with E-state index in [4.69, 9.17) is 9.47 Å². The topological polar surface area (TPSA) is 33.7 Å². The molecule has 1 saturated heterocycles. The van der Waals surface area contributed by atoms with Crippen LogP contribution in [0, 0.1) is 0 Å². The van der Waals surface area contributed by atoms with Gasteiger partial charge in [-0.25, -0.2) is 0 Å². The third-order valence-corrected chi connectivity index (χ3v) is 4.55. The van der Waals surface area contributed by atoms with Crippen molar-refractivity contribution in [2.24, 2.45) is 0 Å². The molecule has 0 bridgehead atoms. The molecule has 1 aliphatic rings. The summed E-state index contributed by atoms with van der Waals surface area (Å²) in [5.74, 6) is 1.87. The molecule has 0 saturated carbocycles. The Bertz CT molecular complexity index is 642. The van der Waals surface area contributed by atoms with Crippen molar-refractivity contribution < 1.29 is 9.47 Å². The summed E-state index contributed by atoms with van der Waals surface area (Å²) in [6.07, 6.45) is 2.41. The number of nitrogens with zero attached hydrogens (tertiary/aromatic N) is 1. The highest BCUT2D eigenvalue weighted by atomic mass is 16.5. The molecule has 4 heteroatoms. The lowest BCUT2D eigenvalue weighted by Gasteiger charge is -2.34. The lowest BCUT2D eigenvalue weighted by molar-refractivity contribution is 0.206. The molecular weight excluding hydrogens is 300 g/mol. The molecule has 24 heavy (non-hydrogen) atoms. The Balaban J connectivity index is 1.59. The number of anilines is 1. The number of benzene rings is 2. The monoisotopic (exact) mass is 326 g/mol. The number of hydrogen-bond donors (Lipinski definition) is 1. The number of rotatable bonds is 6. The smallest absolute Gasteiger partial charge is 0.123 e. The van der Waals surface area contributed by atoms with E-state index in [0.717, 1.165) is 36.8 Å². The van der Waals surface area contributed by atoms with E-state index in [0.29, 0.717) is 6.04 Å². The van der Waals surface area contributed by atoms with E-state index in [1.807, 2.05) is 24.3 Å². The van der Waals surface area contributed by atoms with Crippen LogP contribution in [-0.2, 0) is 6.54 Å². The van der Waals surface area contributed by atoms with Crippen molar-refractivity contribution >= 4 is 5.69 Å². The van der Waals surface area contributed by atoms with Crippen LogP contribution in [0.2, 0.25) is 0 Å². The minimum absolute atomic E-state index is 0.474. The van der Waals surface area contributed by atoms with Gasteiger partial charge in [-0.05, 0) is 49.7 Å². The first-order chi connectivity index (χ1) is 11.8. The molecule has 1 heterocycles. The number of piperidine rings is 1. The maximum absolute atomic E-state index is 5.48. The van der Waals surface area contributed by atoms with E-state index >= 15 is 0 Å². The van der Waals surface area contributed by atoms with Gasteiger partial charge in [0, 0.05) is 30.4 Å². The van der Waals surface area contributed by atoms with Gasteiger partial charge in [0.25, 0.3) is 0 Å². The lowest BCUT2D eigenvalue weighted by Crippen LogP contribution is -2.41. The molecule has 0 aliphatic carbocycles. The van der Waals surface area contributed by atoms with Crippen molar-refractivity contribution in [3.05, 3.63) is 54.1 Å². The Morgan fingerprint density at radius 1 is 1.04 bits per heavy atom. The quantitative estimate of drug-likeness (QED) is 0.876. The van der Waals surface area contributed by atoms with Crippen molar-refractivity contribution in [3.63, 3.8) is 0 Å². The van der Waals surface area contributed by atoms with Crippen LogP contribution in [0.25, 0.3) is 0 Å². The average Bonchev–Trinajstić information content (AvgIpc) is 2.63. The SMILES string of the molecule is COc1ccc(NC2CCCN(Cc3ccccc3OC)C2)cc1. The molecule has 0 spiro atoms. The van der Waals surface area contributed by atoms with Crippen molar-refractivity contribution in [1.29, 1.82) is 0 Å². The predicted octanol–water partition coefficient (Wildman–Crippen LogP) is 3.78. The van der Waals surface area contributed by atoms with Crippen molar-refractivity contribution in [2.75, 3.05) is 32.6 Å². The van der Waals surface area contributed by atoms with Gasteiger partial charge >= 0.3 is 0 Å². The number of nitrogens with one attached hydrogen (secondary N) is 1. The van der Waals surface area contributed by atoms with E-state index in [-0.39, 0.29) is 0 Å². The highest BCUT2D eigenvalue weighted by molar-refractivity contribution is 5.47. The van der Waals surface area contributed by atoms with Gasteiger partial charge < -0.3 is 14.8 Å². The van der Waals surface area contributed by atoms with Crippen molar-refractivity contribution in [2.45, 2.75) is 25.4 Å². The molecule has 1 unspecified atom stereocenters. The summed E-state index contributed by atoms with van der Waals surface area (Å²) in [7, 11) is 3.43. The fraction of sp³-hybridized carbons (Fsp3) is 0.400. The van der Waals surface area contributed by atoms with Crippen LogP contribution in [0.15, 0.2) is 48.5 Å². The normalized spacial score (nSPS) is 18.2. The highest BCUT2D eigenvalue weighted by Crippen LogP contribution is 2.23. The molecule has 1 aliphatic heterocycles. The van der Waals surface area contributed by atoms with Gasteiger partial charge in [0.1, 0.15) is 11.5 Å². The Morgan fingerprint density at radius 2 is 1.83 bits per heavy atom. The largest absolute Gasteiger partial charge is 0.497 e. The zero-order chi connectivity index (χ0) is 16.8. The molecule has 3 rings (SSSR count). The van der Waals surface area contributed by atoms with Gasteiger partial charge in [-0.2, -0.15) is 0 Å². The zero-order valence-corrected chi connectivity index (χ0v) is 14.5. The Kier molecular flexibility index (Phi) is 5.59. The molecule has 2 aromatic carbocycles. The van der Waals surface area contributed by atoms with E-state index in [1.165, 1.54) is 18.4 Å². The first kappa shape index (κ1) is 16.7. The fourth-order valence-corrected chi connectivity index (χ4v) is 3.31. The molecule has 1 atom stereocenters. The van der Waals surface area contributed by atoms with E-state index in [9.17, 15) is 0 Å². The van der Waals surface area contributed by atoms with Crippen LogP contribution in [0.5, 0.6) is 11.5 Å². The van der Waals surface area contributed by atoms with E-state index < -0.39 is 0 Å². The third-order valence-electron chi connectivity index (χ3n) is 4.55. The van der Waals surface area contributed by atoms with Gasteiger partial charge in [0.05, 0.1) is 14.2 Å². The van der Waals surface area contributed by atoms with Gasteiger partial charge in [0.15, 0.2) is 0 Å². The molecule has 0 amide bonds. The first-order valence-corrected chi connectivity index (χ1v) is 8.53. The number of likely N-dealkylation sites (tertiary alicyclic amines) is 1. The summed E-state index contributed by atoms with van der Waals surface area (Å²) in [6.45, 7) is 3.12. The number of hydrogen-bond acceptors (Lipinski definition) is 4. The maximum atomic E-state index is 5.48. The Morgan fingerprint density at radius 3 is 2.58 bits per heavy atom. The standard InChI is InChI=1S/C20H26N2O2/c1-23-19-11-9-17(10-12-19)21-18-7-5-13-22(15-18)14-16-6-3-4-8-20(16)24-2/h3-4,6,8-12,18,21H,5,7,13-15H2,1-2H3. The second kappa shape index (κ2) is 8.06. The molecule has 4 nitrogen and oxygen atoms in total. The summed E-state index contributed by atoms with van der Waals surface area (Å²) in [5.41, 5.74) is 2.41. The molecule has 2 aromatic rings. The summed E-state index contributed by atoms with van der Waals surface area (Å²) in [5, 5.41) is 3.65. The summed E-state index contributed by atoms with van der Waals surface area (Å²) < 4.78 is 10.7. The predicted molar refractivity (Wildman–Crippen MR) is 97.9 cm³/mol. The molecule has 0 aromatic heterocycles. The number of para-hydroxylation sites is 1.